The highest BCUT2D eigenvalue weighted by molar-refractivity contribution is 7.15. The van der Waals surface area contributed by atoms with Gasteiger partial charge in [-0.2, -0.15) is 0 Å². The Hall–Kier alpha value is -3.00. The number of aromatic nitrogens is 2. The van der Waals surface area contributed by atoms with Crippen molar-refractivity contribution in [1.29, 1.82) is 0 Å². The molecule has 4 rings (SSSR count). The molecule has 2 aromatic heterocycles. The summed E-state index contributed by atoms with van der Waals surface area (Å²) in [6.07, 6.45) is 3.52. The number of nitrogens with one attached hydrogen (secondary N) is 1. The Morgan fingerprint density at radius 1 is 1.27 bits per heavy atom. The molecular weight excluding hydrogens is 354 g/mol. The lowest BCUT2D eigenvalue weighted by molar-refractivity contribution is -0.117. The fourth-order valence-electron chi connectivity index (χ4n) is 2.46. The summed E-state index contributed by atoms with van der Waals surface area (Å²) < 4.78 is 6.67. The molecule has 1 saturated carbocycles. The summed E-state index contributed by atoms with van der Waals surface area (Å²) in [7, 11) is 0. The molecule has 7 nitrogen and oxygen atoms in total. The molecule has 0 saturated heterocycles. The van der Waals surface area contributed by atoms with Gasteiger partial charge in [0.25, 0.3) is 5.56 Å². The van der Waals surface area contributed by atoms with Gasteiger partial charge in [0, 0.05) is 29.2 Å². The number of esters is 1. The minimum absolute atomic E-state index is 0.0154. The maximum absolute atomic E-state index is 12.2. The number of nitrogens with zero attached hydrogens (tertiary/aromatic N) is 2. The van der Waals surface area contributed by atoms with Gasteiger partial charge < -0.3 is 10.1 Å². The molecule has 1 fully saturated rings. The molecule has 1 amide bonds. The monoisotopic (exact) mass is 369 g/mol. The average molecular weight is 369 g/mol. The van der Waals surface area contributed by atoms with E-state index in [-0.39, 0.29) is 24.0 Å². The van der Waals surface area contributed by atoms with E-state index in [1.807, 2.05) is 0 Å². The Balaban J connectivity index is 1.39. The summed E-state index contributed by atoms with van der Waals surface area (Å²) >= 11 is 1.34. The van der Waals surface area contributed by atoms with Crippen LogP contribution in [0.3, 0.4) is 0 Å². The quantitative estimate of drug-likeness (QED) is 0.698. The van der Waals surface area contributed by atoms with Crippen LogP contribution in [0.15, 0.2) is 46.7 Å². The van der Waals surface area contributed by atoms with Crippen LogP contribution in [0, 0.1) is 5.92 Å². The first-order chi connectivity index (χ1) is 12.6. The maximum Gasteiger partial charge on any atom is 0.338 e. The van der Waals surface area contributed by atoms with Gasteiger partial charge in [0.15, 0.2) is 4.96 Å². The zero-order valence-electron chi connectivity index (χ0n) is 13.7. The number of ether oxygens (including phenoxy) is 1. The second kappa shape index (κ2) is 6.72. The number of hydrogen-bond acceptors (Lipinski definition) is 6. The summed E-state index contributed by atoms with van der Waals surface area (Å²) in [6.45, 7) is -0.0807. The van der Waals surface area contributed by atoms with Crippen molar-refractivity contribution >= 4 is 33.9 Å². The van der Waals surface area contributed by atoms with Crippen LogP contribution in [-0.2, 0) is 16.1 Å². The van der Waals surface area contributed by atoms with E-state index in [4.69, 9.17) is 4.74 Å². The average Bonchev–Trinajstić information content (AvgIpc) is 3.38. The highest BCUT2D eigenvalue weighted by Crippen LogP contribution is 2.30. The topological polar surface area (TPSA) is 89.8 Å². The molecule has 1 N–H and O–H groups in total. The molecule has 0 radical (unpaired) electrons. The van der Waals surface area contributed by atoms with Crippen molar-refractivity contribution < 1.29 is 14.3 Å². The van der Waals surface area contributed by atoms with Crippen molar-refractivity contribution in [2.75, 3.05) is 5.32 Å². The Bertz CT molecular complexity index is 1030. The van der Waals surface area contributed by atoms with Crippen LogP contribution in [-0.4, -0.2) is 21.3 Å². The van der Waals surface area contributed by atoms with E-state index in [1.54, 1.807) is 35.8 Å². The van der Waals surface area contributed by atoms with Crippen LogP contribution in [0.1, 0.15) is 28.9 Å². The third kappa shape index (κ3) is 3.50. The molecule has 0 atom stereocenters. The van der Waals surface area contributed by atoms with Crippen molar-refractivity contribution in [2.45, 2.75) is 19.4 Å². The summed E-state index contributed by atoms with van der Waals surface area (Å²) in [5.74, 6) is -0.378. The molecule has 0 spiro atoms. The second-order valence-corrected chi connectivity index (χ2v) is 6.93. The third-order valence-electron chi connectivity index (χ3n) is 4.04. The van der Waals surface area contributed by atoms with Gasteiger partial charge in [0.1, 0.15) is 6.61 Å². The lowest BCUT2D eigenvalue weighted by atomic mass is 10.2. The van der Waals surface area contributed by atoms with E-state index in [2.05, 4.69) is 10.3 Å². The Morgan fingerprint density at radius 2 is 2.04 bits per heavy atom. The van der Waals surface area contributed by atoms with Gasteiger partial charge in [-0.15, -0.1) is 11.3 Å². The number of amides is 1. The predicted octanol–water partition coefficient (Wildman–Crippen LogP) is 2.46. The molecular formula is C18H15N3O4S. The van der Waals surface area contributed by atoms with Crippen LogP contribution in [0.4, 0.5) is 5.69 Å². The number of rotatable bonds is 5. The number of hydrogen-bond donors (Lipinski definition) is 1. The van der Waals surface area contributed by atoms with Gasteiger partial charge in [-0.05, 0) is 37.1 Å². The molecule has 8 heteroatoms. The molecule has 3 aromatic rings. The SMILES string of the molecule is O=C(OCc1cc(=O)n2ccsc2n1)c1ccc(NC(=O)C2CC2)cc1. The second-order valence-electron chi connectivity index (χ2n) is 6.06. The minimum Gasteiger partial charge on any atom is -0.456 e. The number of benzene rings is 1. The van der Waals surface area contributed by atoms with Crippen molar-refractivity contribution in [1.82, 2.24) is 9.38 Å². The van der Waals surface area contributed by atoms with E-state index < -0.39 is 5.97 Å². The first-order valence-electron chi connectivity index (χ1n) is 8.14. The molecule has 1 aromatic carbocycles. The van der Waals surface area contributed by atoms with Crippen molar-refractivity contribution in [3.8, 4) is 0 Å². The Kier molecular flexibility index (Phi) is 4.26. The van der Waals surface area contributed by atoms with Gasteiger partial charge in [-0.1, -0.05) is 0 Å². The smallest absolute Gasteiger partial charge is 0.338 e. The highest BCUT2D eigenvalue weighted by atomic mass is 32.1. The zero-order chi connectivity index (χ0) is 18.1. The molecule has 1 aliphatic carbocycles. The summed E-state index contributed by atoms with van der Waals surface area (Å²) in [5.41, 5.74) is 1.21. The normalized spacial score (nSPS) is 13.5. The molecule has 26 heavy (non-hydrogen) atoms. The Morgan fingerprint density at radius 3 is 2.77 bits per heavy atom. The fraction of sp³-hybridized carbons (Fsp3) is 0.222. The number of anilines is 1. The van der Waals surface area contributed by atoms with Crippen LogP contribution >= 0.6 is 11.3 Å². The van der Waals surface area contributed by atoms with E-state index >= 15 is 0 Å². The lowest BCUT2D eigenvalue weighted by Crippen LogP contribution is -2.15. The summed E-state index contributed by atoms with van der Waals surface area (Å²) in [5, 5.41) is 4.58. The Labute approximate surface area is 152 Å². The van der Waals surface area contributed by atoms with Crippen molar-refractivity contribution in [2.24, 2.45) is 5.92 Å². The van der Waals surface area contributed by atoms with Crippen LogP contribution in [0.5, 0.6) is 0 Å². The van der Waals surface area contributed by atoms with Gasteiger partial charge in [-0.3, -0.25) is 14.0 Å². The van der Waals surface area contributed by atoms with Crippen molar-refractivity contribution in [3.63, 3.8) is 0 Å². The molecule has 1 aliphatic rings. The number of carbonyl (C=O) groups excluding carboxylic acids is 2. The molecule has 0 bridgehead atoms. The van der Waals surface area contributed by atoms with E-state index in [0.717, 1.165) is 12.8 Å². The van der Waals surface area contributed by atoms with Crippen LogP contribution in [0.2, 0.25) is 0 Å². The number of thiazole rings is 1. The first-order valence-corrected chi connectivity index (χ1v) is 9.02. The van der Waals surface area contributed by atoms with Gasteiger partial charge in [0.2, 0.25) is 5.91 Å². The largest absolute Gasteiger partial charge is 0.456 e. The standard InChI is InChI=1S/C18H15N3O4S/c22-15-9-14(20-18-21(15)7-8-26-18)10-25-17(24)12-3-5-13(6-4-12)19-16(23)11-1-2-11/h3-9,11H,1-2,10H2,(H,19,23). The van der Waals surface area contributed by atoms with Crippen LogP contribution < -0.4 is 10.9 Å². The van der Waals surface area contributed by atoms with Gasteiger partial charge in [0.05, 0.1) is 11.3 Å². The van der Waals surface area contributed by atoms with Gasteiger partial charge >= 0.3 is 5.97 Å². The lowest BCUT2D eigenvalue weighted by Gasteiger charge is -2.07. The van der Waals surface area contributed by atoms with E-state index in [1.165, 1.54) is 21.8 Å². The van der Waals surface area contributed by atoms with Gasteiger partial charge in [-0.25, -0.2) is 9.78 Å². The third-order valence-corrected chi connectivity index (χ3v) is 4.80. The zero-order valence-corrected chi connectivity index (χ0v) is 14.5. The fourth-order valence-corrected chi connectivity index (χ4v) is 3.20. The minimum atomic E-state index is -0.516. The van der Waals surface area contributed by atoms with Crippen LogP contribution in [0.25, 0.3) is 4.96 Å². The highest BCUT2D eigenvalue weighted by Gasteiger charge is 2.29. The summed E-state index contributed by atoms with van der Waals surface area (Å²) in [4.78, 5) is 40.6. The molecule has 132 valence electrons. The number of fused-ring (bicyclic) bond motifs is 1. The molecule has 0 unspecified atom stereocenters. The predicted molar refractivity (Wildman–Crippen MR) is 96.3 cm³/mol. The number of carbonyl (C=O) groups is 2. The molecule has 0 aliphatic heterocycles. The molecule has 2 heterocycles. The van der Waals surface area contributed by atoms with E-state index in [0.29, 0.717) is 21.9 Å². The first kappa shape index (κ1) is 16.5. The van der Waals surface area contributed by atoms with E-state index in [9.17, 15) is 14.4 Å². The van der Waals surface area contributed by atoms with Crippen molar-refractivity contribution in [3.05, 3.63) is 63.5 Å². The maximum atomic E-state index is 12.2. The summed E-state index contributed by atoms with van der Waals surface area (Å²) in [6, 6.07) is 7.87.